The Labute approximate surface area is 123 Å². The molecule has 1 aliphatic heterocycles. The van der Waals surface area contributed by atoms with Crippen LogP contribution < -0.4 is 11.1 Å². The van der Waals surface area contributed by atoms with E-state index in [0.29, 0.717) is 12.1 Å². The molecule has 116 valence electrons. The highest BCUT2D eigenvalue weighted by Gasteiger charge is 2.45. The average molecular weight is 281 g/mol. The van der Waals surface area contributed by atoms with E-state index in [4.69, 9.17) is 5.73 Å². The summed E-state index contributed by atoms with van der Waals surface area (Å²) in [5.74, 6) is 0.674. The largest absolute Gasteiger partial charge is 0.368 e. The van der Waals surface area contributed by atoms with Crippen molar-refractivity contribution in [1.29, 1.82) is 0 Å². The van der Waals surface area contributed by atoms with Crippen LogP contribution in [0.1, 0.15) is 59.3 Å². The van der Waals surface area contributed by atoms with Crippen molar-refractivity contribution in [2.45, 2.75) is 76.9 Å². The van der Waals surface area contributed by atoms with Gasteiger partial charge in [0.1, 0.15) is 0 Å². The maximum absolute atomic E-state index is 11.9. The van der Waals surface area contributed by atoms with Crippen molar-refractivity contribution in [2.24, 2.45) is 11.7 Å². The first-order valence-corrected chi connectivity index (χ1v) is 8.24. The Kier molecular flexibility index (Phi) is 5.08. The zero-order valence-electron chi connectivity index (χ0n) is 13.3. The topological polar surface area (TPSA) is 58.4 Å². The number of primary amides is 1. The Morgan fingerprint density at radius 3 is 2.70 bits per heavy atom. The standard InChI is InChI=1S/C16H31N3O/c1-12(2)18-16(15(17)20)8-6-14(11-16)19-9-4-5-13(3)7-10-19/h12-14,18H,4-11H2,1-3H3,(H2,17,20). The fourth-order valence-corrected chi connectivity index (χ4v) is 3.96. The van der Waals surface area contributed by atoms with Crippen molar-refractivity contribution in [3.05, 3.63) is 0 Å². The van der Waals surface area contributed by atoms with Gasteiger partial charge in [-0.1, -0.05) is 6.92 Å². The lowest BCUT2D eigenvalue weighted by molar-refractivity contribution is -0.124. The Hall–Kier alpha value is -0.610. The molecule has 2 fully saturated rings. The smallest absolute Gasteiger partial charge is 0.237 e. The summed E-state index contributed by atoms with van der Waals surface area (Å²) in [6.45, 7) is 8.90. The van der Waals surface area contributed by atoms with E-state index in [0.717, 1.165) is 25.2 Å². The van der Waals surface area contributed by atoms with E-state index in [-0.39, 0.29) is 5.91 Å². The monoisotopic (exact) mass is 281 g/mol. The molecule has 0 spiro atoms. The third-order valence-corrected chi connectivity index (χ3v) is 5.09. The first kappa shape index (κ1) is 15.8. The molecule has 1 saturated carbocycles. The predicted octanol–water partition coefficient (Wildman–Crippen LogP) is 1.88. The van der Waals surface area contributed by atoms with Gasteiger partial charge in [0.25, 0.3) is 0 Å². The Morgan fingerprint density at radius 1 is 1.30 bits per heavy atom. The SMILES string of the molecule is CC1CCCN(C2CCC(NC(C)C)(C(N)=O)C2)CC1. The van der Waals surface area contributed by atoms with E-state index >= 15 is 0 Å². The zero-order valence-corrected chi connectivity index (χ0v) is 13.3. The molecule has 2 aliphatic rings. The highest BCUT2D eigenvalue weighted by molar-refractivity contribution is 5.85. The van der Waals surface area contributed by atoms with Gasteiger partial charge < -0.3 is 16.0 Å². The van der Waals surface area contributed by atoms with Crippen molar-refractivity contribution >= 4 is 5.91 Å². The van der Waals surface area contributed by atoms with Crippen molar-refractivity contribution in [2.75, 3.05) is 13.1 Å². The van der Waals surface area contributed by atoms with Crippen LogP contribution >= 0.6 is 0 Å². The lowest BCUT2D eigenvalue weighted by atomic mass is 9.95. The number of nitrogens with zero attached hydrogens (tertiary/aromatic N) is 1. The molecule has 3 N–H and O–H groups in total. The van der Waals surface area contributed by atoms with Gasteiger partial charge >= 0.3 is 0 Å². The van der Waals surface area contributed by atoms with E-state index in [2.05, 4.69) is 31.0 Å². The summed E-state index contributed by atoms with van der Waals surface area (Å²) in [6, 6.07) is 0.824. The van der Waals surface area contributed by atoms with Crippen LogP contribution in [0, 0.1) is 5.92 Å². The molecule has 1 heterocycles. The third-order valence-electron chi connectivity index (χ3n) is 5.09. The molecule has 0 aromatic carbocycles. The molecule has 4 nitrogen and oxygen atoms in total. The van der Waals surface area contributed by atoms with Crippen LogP contribution in [0.25, 0.3) is 0 Å². The number of nitrogens with one attached hydrogen (secondary N) is 1. The van der Waals surface area contributed by atoms with Gasteiger partial charge in [0.15, 0.2) is 0 Å². The third kappa shape index (κ3) is 3.53. The molecular weight excluding hydrogens is 250 g/mol. The van der Waals surface area contributed by atoms with Gasteiger partial charge in [0, 0.05) is 12.1 Å². The van der Waals surface area contributed by atoms with Gasteiger partial charge in [0.05, 0.1) is 5.54 Å². The van der Waals surface area contributed by atoms with Gasteiger partial charge in [-0.05, 0) is 71.4 Å². The van der Waals surface area contributed by atoms with Gasteiger partial charge in [-0.2, -0.15) is 0 Å². The highest BCUT2D eigenvalue weighted by atomic mass is 16.1. The van der Waals surface area contributed by atoms with Crippen LogP contribution in [0.2, 0.25) is 0 Å². The summed E-state index contributed by atoms with van der Waals surface area (Å²) in [5.41, 5.74) is 5.23. The van der Waals surface area contributed by atoms with Gasteiger partial charge in [-0.15, -0.1) is 0 Å². The summed E-state index contributed by atoms with van der Waals surface area (Å²) < 4.78 is 0. The van der Waals surface area contributed by atoms with Crippen LogP contribution in [0.15, 0.2) is 0 Å². The maximum atomic E-state index is 11.9. The number of amides is 1. The number of hydrogen-bond acceptors (Lipinski definition) is 3. The highest BCUT2D eigenvalue weighted by Crippen LogP contribution is 2.35. The summed E-state index contributed by atoms with van der Waals surface area (Å²) in [5, 5.41) is 3.45. The van der Waals surface area contributed by atoms with Crippen LogP contribution in [0.3, 0.4) is 0 Å². The van der Waals surface area contributed by atoms with Gasteiger partial charge in [-0.25, -0.2) is 0 Å². The van der Waals surface area contributed by atoms with Crippen LogP contribution in [-0.2, 0) is 4.79 Å². The van der Waals surface area contributed by atoms with Crippen LogP contribution in [-0.4, -0.2) is 41.5 Å². The lowest BCUT2D eigenvalue weighted by Gasteiger charge is -2.32. The van der Waals surface area contributed by atoms with Crippen molar-refractivity contribution in [3.63, 3.8) is 0 Å². The van der Waals surface area contributed by atoms with Gasteiger partial charge in [-0.3, -0.25) is 4.79 Å². The Morgan fingerprint density at radius 2 is 2.05 bits per heavy atom. The second-order valence-electron chi connectivity index (χ2n) is 7.21. The van der Waals surface area contributed by atoms with Gasteiger partial charge in [0.2, 0.25) is 5.91 Å². The molecule has 1 saturated heterocycles. The molecular formula is C16H31N3O. The first-order valence-electron chi connectivity index (χ1n) is 8.24. The Bertz CT molecular complexity index is 345. The second-order valence-corrected chi connectivity index (χ2v) is 7.21. The molecule has 4 heteroatoms. The number of carbonyl (C=O) groups is 1. The molecule has 0 aromatic rings. The fourth-order valence-electron chi connectivity index (χ4n) is 3.96. The molecule has 1 aliphatic carbocycles. The predicted molar refractivity (Wildman–Crippen MR) is 82.4 cm³/mol. The van der Waals surface area contributed by atoms with Crippen molar-refractivity contribution in [3.8, 4) is 0 Å². The molecule has 0 radical (unpaired) electrons. The number of carbonyl (C=O) groups excluding carboxylic acids is 1. The molecule has 0 aromatic heterocycles. The first-order chi connectivity index (χ1) is 9.43. The number of likely N-dealkylation sites (tertiary alicyclic amines) is 1. The molecule has 2 rings (SSSR count). The molecule has 1 amide bonds. The molecule has 3 atom stereocenters. The number of nitrogens with two attached hydrogens (primary N) is 1. The normalized spacial score (nSPS) is 36.2. The summed E-state index contributed by atoms with van der Waals surface area (Å²) in [7, 11) is 0. The van der Waals surface area contributed by atoms with E-state index in [1.54, 1.807) is 0 Å². The second kappa shape index (κ2) is 6.44. The van der Waals surface area contributed by atoms with E-state index in [9.17, 15) is 4.79 Å². The van der Waals surface area contributed by atoms with Crippen molar-refractivity contribution in [1.82, 2.24) is 10.2 Å². The number of rotatable bonds is 4. The summed E-state index contributed by atoms with van der Waals surface area (Å²) in [4.78, 5) is 14.6. The quantitative estimate of drug-likeness (QED) is 0.827. The Balaban J connectivity index is 2.00. The molecule has 3 unspecified atom stereocenters. The zero-order chi connectivity index (χ0) is 14.8. The lowest BCUT2D eigenvalue weighted by Crippen LogP contribution is -2.56. The van der Waals surface area contributed by atoms with E-state index in [1.807, 2.05) is 0 Å². The van der Waals surface area contributed by atoms with Crippen LogP contribution in [0.4, 0.5) is 0 Å². The van der Waals surface area contributed by atoms with E-state index in [1.165, 1.54) is 32.4 Å². The van der Waals surface area contributed by atoms with E-state index < -0.39 is 5.54 Å². The molecule has 0 bridgehead atoms. The fraction of sp³-hybridized carbons (Fsp3) is 0.938. The summed E-state index contributed by atoms with van der Waals surface area (Å²) in [6.07, 6.45) is 6.79. The maximum Gasteiger partial charge on any atom is 0.237 e. The average Bonchev–Trinajstić information content (AvgIpc) is 2.66. The molecule has 20 heavy (non-hydrogen) atoms. The number of hydrogen-bond donors (Lipinski definition) is 2. The van der Waals surface area contributed by atoms with Crippen molar-refractivity contribution < 1.29 is 4.79 Å². The minimum atomic E-state index is -0.475. The summed E-state index contributed by atoms with van der Waals surface area (Å²) >= 11 is 0. The minimum absolute atomic E-state index is 0.170. The minimum Gasteiger partial charge on any atom is -0.368 e. The van der Waals surface area contributed by atoms with Crippen LogP contribution in [0.5, 0.6) is 0 Å².